The first-order valence-electron chi connectivity index (χ1n) is 7.06. The highest BCUT2D eigenvalue weighted by molar-refractivity contribution is 9.10. The largest absolute Gasteiger partial charge is 0.451 e. The third-order valence-electron chi connectivity index (χ3n) is 3.38. The molecule has 1 amide bonds. The van der Waals surface area contributed by atoms with Crippen LogP contribution in [0.3, 0.4) is 0 Å². The Morgan fingerprint density at radius 3 is 2.60 bits per heavy atom. The molecular weight excluding hydrogens is 412 g/mol. The van der Waals surface area contributed by atoms with E-state index in [0.717, 1.165) is 4.47 Å². The van der Waals surface area contributed by atoms with Crippen molar-refractivity contribution in [3.8, 4) is 11.3 Å². The van der Waals surface area contributed by atoms with Crippen LogP contribution in [0, 0.1) is 10.1 Å². The monoisotopic (exact) mass is 420 g/mol. The number of halogens is 2. The van der Waals surface area contributed by atoms with Crippen molar-refractivity contribution in [3.63, 3.8) is 0 Å². The molecule has 0 unspecified atom stereocenters. The molecule has 1 N–H and O–H groups in total. The average molecular weight is 422 g/mol. The van der Waals surface area contributed by atoms with Gasteiger partial charge in [-0.25, -0.2) is 0 Å². The Morgan fingerprint density at radius 1 is 1.16 bits per heavy atom. The summed E-state index contributed by atoms with van der Waals surface area (Å²) in [5.74, 6) is 0.0218. The van der Waals surface area contributed by atoms with E-state index in [1.807, 2.05) is 6.07 Å². The first kappa shape index (κ1) is 17.2. The fourth-order valence-electron chi connectivity index (χ4n) is 2.17. The van der Waals surface area contributed by atoms with Crippen molar-refractivity contribution in [2.45, 2.75) is 0 Å². The molecule has 6 nitrogen and oxygen atoms in total. The second-order valence-corrected chi connectivity index (χ2v) is 6.28. The van der Waals surface area contributed by atoms with Crippen molar-refractivity contribution in [2.75, 3.05) is 5.32 Å². The van der Waals surface area contributed by atoms with Crippen molar-refractivity contribution in [2.24, 2.45) is 0 Å². The van der Waals surface area contributed by atoms with Crippen molar-refractivity contribution < 1.29 is 14.1 Å². The minimum Gasteiger partial charge on any atom is -0.451 e. The van der Waals surface area contributed by atoms with Gasteiger partial charge in [-0.15, -0.1) is 0 Å². The maximum Gasteiger partial charge on any atom is 0.291 e. The zero-order valence-corrected chi connectivity index (χ0v) is 14.9. The van der Waals surface area contributed by atoms with Gasteiger partial charge >= 0.3 is 0 Å². The Morgan fingerprint density at radius 2 is 1.92 bits per heavy atom. The number of carbonyl (C=O) groups excluding carboxylic acids is 1. The number of nitrogens with zero attached hydrogens (tertiary/aromatic N) is 1. The zero-order chi connectivity index (χ0) is 18.0. The molecule has 3 rings (SSSR count). The average Bonchev–Trinajstić information content (AvgIpc) is 3.06. The topological polar surface area (TPSA) is 85.4 Å². The van der Waals surface area contributed by atoms with E-state index in [4.69, 9.17) is 16.0 Å². The Bertz CT molecular complexity index is 971. The van der Waals surface area contributed by atoms with Crippen LogP contribution >= 0.6 is 27.5 Å². The molecule has 0 spiro atoms. The maximum absolute atomic E-state index is 12.3. The second-order valence-electron chi connectivity index (χ2n) is 5.02. The fraction of sp³-hybridized carbons (Fsp3) is 0. The molecule has 0 saturated carbocycles. The summed E-state index contributed by atoms with van der Waals surface area (Å²) in [6.07, 6.45) is 0. The minimum absolute atomic E-state index is 0.0974. The summed E-state index contributed by atoms with van der Waals surface area (Å²) >= 11 is 9.43. The number of rotatable bonds is 4. The number of benzene rings is 2. The lowest BCUT2D eigenvalue weighted by Crippen LogP contribution is -2.11. The van der Waals surface area contributed by atoms with E-state index in [9.17, 15) is 14.9 Å². The molecule has 8 heteroatoms. The number of hydrogen-bond donors (Lipinski definition) is 1. The number of nitrogens with one attached hydrogen (secondary N) is 1. The number of carbonyl (C=O) groups is 1. The molecule has 0 fully saturated rings. The quantitative estimate of drug-likeness (QED) is 0.444. The molecule has 2 aromatic carbocycles. The van der Waals surface area contributed by atoms with Gasteiger partial charge in [0.15, 0.2) is 5.76 Å². The van der Waals surface area contributed by atoms with Gasteiger partial charge in [-0.1, -0.05) is 23.7 Å². The molecular formula is C17H10BrClN2O4. The van der Waals surface area contributed by atoms with Crippen LogP contribution in [0.1, 0.15) is 10.6 Å². The molecule has 0 bridgehead atoms. The molecule has 0 aliphatic carbocycles. The Labute approximate surface area is 155 Å². The normalized spacial score (nSPS) is 10.5. The van der Waals surface area contributed by atoms with E-state index < -0.39 is 10.8 Å². The molecule has 0 radical (unpaired) electrons. The number of non-ortho nitro benzene ring substituents is 1. The molecule has 25 heavy (non-hydrogen) atoms. The van der Waals surface area contributed by atoms with E-state index in [1.54, 1.807) is 24.3 Å². The van der Waals surface area contributed by atoms with Crippen LogP contribution in [0.2, 0.25) is 5.02 Å². The lowest BCUT2D eigenvalue weighted by atomic mass is 10.1. The Hall–Kier alpha value is -2.64. The molecule has 1 heterocycles. The van der Waals surface area contributed by atoms with Crippen molar-refractivity contribution in [1.82, 2.24) is 0 Å². The highest BCUT2D eigenvalue weighted by Crippen LogP contribution is 2.32. The number of hydrogen-bond acceptors (Lipinski definition) is 4. The van der Waals surface area contributed by atoms with E-state index in [2.05, 4.69) is 21.2 Å². The van der Waals surface area contributed by atoms with Gasteiger partial charge in [-0.2, -0.15) is 0 Å². The predicted molar refractivity (Wildman–Crippen MR) is 97.9 cm³/mol. The summed E-state index contributed by atoms with van der Waals surface area (Å²) in [7, 11) is 0. The van der Waals surface area contributed by atoms with Crippen LogP contribution < -0.4 is 5.32 Å². The van der Waals surface area contributed by atoms with E-state index in [1.165, 1.54) is 24.3 Å². The molecule has 0 aliphatic heterocycles. The second kappa shape index (κ2) is 7.08. The molecule has 126 valence electrons. The van der Waals surface area contributed by atoms with Crippen LogP contribution in [-0.4, -0.2) is 10.8 Å². The van der Waals surface area contributed by atoms with Gasteiger partial charge in [-0.05, 0) is 46.3 Å². The van der Waals surface area contributed by atoms with Crippen LogP contribution in [0.5, 0.6) is 0 Å². The third-order valence-corrected chi connectivity index (χ3v) is 4.39. The van der Waals surface area contributed by atoms with Gasteiger partial charge in [0.1, 0.15) is 5.76 Å². The molecule has 0 saturated heterocycles. The first-order chi connectivity index (χ1) is 12.0. The number of amides is 1. The van der Waals surface area contributed by atoms with Gasteiger partial charge in [0.2, 0.25) is 0 Å². The Balaban J connectivity index is 1.84. The number of furan rings is 1. The van der Waals surface area contributed by atoms with Crippen LogP contribution in [0.15, 0.2) is 63.5 Å². The predicted octanol–water partition coefficient (Wildman–Crippen LogP) is 5.52. The Kier molecular flexibility index (Phi) is 4.87. The van der Waals surface area contributed by atoms with Gasteiger partial charge in [0, 0.05) is 22.2 Å². The summed E-state index contributed by atoms with van der Waals surface area (Å²) < 4.78 is 6.29. The van der Waals surface area contributed by atoms with Crippen molar-refractivity contribution >= 4 is 44.8 Å². The molecule has 3 aromatic rings. The minimum atomic E-state index is -0.533. The van der Waals surface area contributed by atoms with Gasteiger partial charge < -0.3 is 9.73 Å². The van der Waals surface area contributed by atoms with Gasteiger partial charge in [0.05, 0.1) is 15.6 Å². The van der Waals surface area contributed by atoms with Crippen LogP contribution in [0.25, 0.3) is 11.3 Å². The van der Waals surface area contributed by atoms with Crippen LogP contribution in [0.4, 0.5) is 11.4 Å². The highest BCUT2D eigenvalue weighted by Gasteiger charge is 2.17. The summed E-state index contributed by atoms with van der Waals surface area (Å²) in [6.45, 7) is 0. The molecule has 0 atom stereocenters. The van der Waals surface area contributed by atoms with Gasteiger partial charge in [0.25, 0.3) is 11.6 Å². The fourth-order valence-corrected chi connectivity index (χ4v) is 2.82. The van der Waals surface area contributed by atoms with Crippen LogP contribution in [-0.2, 0) is 0 Å². The summed E-state index contributed by atoms with van der Waals surface area (Å²) in [6, 6.07) is 14.3. The number of anilines is 1. The van der Waals surface area contributed by atoms with Crippen molar-refractivity contribution in [3.05, 3.63) is 80.0 Å². The summed E-state index contributed by atoms with van der Waals surface area (Å²) in [5, 5.41) is 13.7. The highest BCUT2D eigenvalue weighted by atomic mass is 79.9. The summed E-state index contributed by atoms with van der Waals surface area (Å²) in [5.41, 5.74) is 0.957. The number of para-hydroxylation sites is 1. The van der Waals surface area contributed by atoms with E-state index in [0.29, 0.717) is 17.0 Å². The number of nitro groups is 1. The maximum atomic E-state index is 12.3. The van der Waals surface area contributed by atoms with E-state index in [-0.39, 0.29) is 16.5 Å². The smallest absolute Gasteiger partial charge is 0.291 e. The standard InChI is InChI=1S/C17H10BrClN2O4/c18-12-3-1-2-4-14(12)20-17(22)16-8-7-15(25-16)11-6-5-10(21(23)24)9-13(11)19/h1-9H,(H,20,22). The summed E-state index contributed by atoms with van der Waals surface area (Å²) in [4.78, 5) is 22.5. The zero-order valence-electron chi connectivity index (χ0n) is 12.5. The lowest BCUT2D eigenvalue weighted by Gasteiger charge is -2.05. The lowest BCUT2D eigenvalue weighted by molar-refractivity contribution is -0.384. The third kappa shape index (κ3) is 3.72. The molecule has 1 aromatic heterocycles. The molecule has 0 aliphatic rings. The van der Waals surface area contributed by atoms with Gasteiger partial charge in [-0.3, -0.25) is 14.9 Å². The van der Waals surface area contributed by atoms with Crippen molar-refractivity contribution in [1.29, 1.82) is 0 Å². The number of nitro benzene ring substituents is 1. The first-order valence-corrected chi connectivity index (χ1v) is 8.23. The van der Waals surface area contributed by atoms with E-state index >= 15 is 0 Å². The SMILES string of the molecule is O=C(Nc1ccccc1Br)c1ccc(-c2ccc([N+](=O)[O-])cc2Cl)o1.